The molecule has 1 saturated heterocycles. The molecule has 1 aromatic rings. The Morgan fingerprint density at radius 1 is 1.06 bits per heavy atom. The van der Waals surface area contributed by atoms with E-state index in [1.54, 1.807) is 0 Å². The largest absolute Gasteiger partial charge is 0.507 e. The fourth-order valence-corrected chi connectivity index (χ4v) is 1.81. The summed E-state index contributed by atoms with van der Waals surface area (Å²) < 4.78 is 11.0. The molecule has 17 heavy (non-hydrogen) atoms. The number of phenolic OH excluding ortho intramolecular Hbond substituents is 1. The van der Waals surface area contributed by atoms with Crippen molar-refractivity contribution in [3.8, 4) is 5.75 Å². The van der Waals surface area contributed by atoms with Gasteiger partial charge in [-0.1, -0.05) is 13.8 Å². The van der Waals surface area contributed by atoms with Crippen molar-refractivity contribution in [2.75, 3.05) is 13.2 Å². The minimum absolute atomic E-state index is 0.267. The Bertz CT molecular complexity index is 331. The molecule has 0 amide bonds. The lowest BCUT2D eigenvalue weighted by atomic mass is 10.1. The summed E-state index contributed by atoms with van der Waals surface area (Å²) in [5, 5.41) is 9.65. The molecule has 3 nitrogen and oxygen atoms in total. The van der Waals surface area contributed by atoms with Crippen molar-refractivity contribution in [1.29, 1.82) is 0 Å². The molecule has 3 heteroatoms. The van der Waals surface area contributed by atoms with E-state index >= 15 is 0 Å². The molecule has 0 unspecified atom stereocenters. The number of hydrogen-bond acceptors (Lipinski definition) is 3. The third-order valence-corrected chi connectivity index (χ3v) is 2.61. The minimum Gasteiger partial charge on any atom is -0.507 e. The molecule has 1 aromatic carbocycles. The van der Waals surface area contributed by atoms with Gasteiger partial charge in [0, 0.05) is 5.56 Å². The van der Waals surface area contributed by atoms with E-state index in [2.05, 4.69) is 0 Å². The molecule has 1 N–H and O–H groups in total. The lowest BCUT2D eigenvalue weighted by molar-refractivity contribution is -0.183. The zero-order valence-electron chi connectivity index (χ0n) is 11.1. The maximum Gasteiger partial charge on any atom is 0.183 e. The lowest BCUT2D eigenvalue weighted by Gasteiger charge is -2.24. The SMILES string of the molecule is CC.Cc1cc(C2OCCCO2)cc(C)c1O. The summed E-state index contributed by atoms with van der Waals surface area (Å²) in [7, 11) is 0. The number of hydrogen-bond donors (Lipinski definition) is 1. The van der Waals surface area contributed by atoms with Crippen LogP contribution in [0.3, 0.4) is 0 Å². The van der Waals surface area contributed by atoms with Gasteiger partial charge >= 0.3 is 0 Å². The summed E-state index contributed by atoms with van der Waals surface area (Å²) in [6.07, 6.45) is 0.684. The highest BCUT2D eigenvalue weighted by molar-refractivity contribution is 5.42. The van der Waals surface area contributed by atoms with Crippen LogP contribution in [0.2, 0.25) is 0 Å². The molecule has 2 rings (SSSR count). The Morgan fingerprint density at radius 2 is 1.53 bits per heavy atom. The number of ether oxygens (including phenoxy) is 2. The van der Waals surface area contributed by atoms with Gasteiger partial charge in [-0.15, -0.1) is 0 Å². The van der Waals surface area contributed by atoms with E-state index in [0.29, 0.717) is 5.75 Å². The Hall–Kier alpha value is -1.06. The fraction of sp³-hybridized carbons (Fsp3) is 0.571. The summed E-state index contributed by atoms with van der Waals surface area (Å²) in [6.45, 7) is 9.25. The van der Waals surface area contributed by atoms with Crippen molar-refractivity contribution in [1.82, 2.24) is 0 Å². The van der Waals surface area contributed by atoms with Crippen LogP contribution in [-0.2, 0) is 9.47 Å². The normalized spacial score (nSPS) is 16.2. The second kappa shape index (κ2) is 6.62. The Kier molecular flexibility index (Phi) is 5.45. The summed E-state index contributed by atoms with van der Waals surface area (Å²) in [5.74, 6) is 0.356. The van der Waals surface area contributed by atoms with E-state index in [-0.39, 0.29) is 6.29 Å². The van der Waals surface area contributed by atoms with Gasteiger partial charge in [-0.2, -0.15) is 0 Å². The van der Waals surface area contributed by atoms with Crippen LogP contribution in [0.5, 0.6) is 5.75 Å². The quantitative estimate of drug-likeness (QED) is 0.814. The zero-order valence-corrected chi connectivity index (χ0v) is 11.1. The van der Waals surface area contributed by atoms with Crippen molar-refractivity contribution in [3.63, 3.8) is 0 Å². The summed E-state index contributed by atoms with van der Waals surface area (Å²) in [6, 6.07) is 3.83. The highest BCUT2D eigenvalue weighted by Crippen LogP contribution is 2.29. The molecule has 0 bridgehead atoms. The molecule has 0 aromatic heterocycles. The minimum atomic E-state index is -0.267. The third-order valence-electron chi connectivity index (χ3n) is 2.61. The van der Waals surface area contributed by atoms with Gasteiger partial charge in [-0.25, -0.2) is 0 Å². The molecule has 0 saturated carbocycles. The Balaban J connectivity index is 0.000000686. The average Bonchev–Trinajstić information content (AvgIpc) is 2.39. The fourth-order valence-electron chi connectivity index (χ4n) is 1.81. The number of aryl methyl sites for hydroxylation is 2. The van der Waals surface area contributed by atoms with Gasteiger partial charge in [0.2, 0.25) is 0 Å². The first-order valence-electron chi connectivity index (χ1n) is 6.22. The van der Waals surface area contributed by atoms with Gasteiger partial charge in [0.05, 0.1) is 13.2 Å². The monoisotopic (exact) mass is 238 g/mol. The number of rotatable bonds is 1. The van der Waals surface area contributed by atoms with Crippen molar-refractivity contribution >= 4 is 0 Å². The number of aromatic hydroxyl groups is 1. The summed E-state index contributed by atoms with van der Waals surface area (Å²) in [4.78, 5) is 0. The molecule has 1 aliphatic heterocycles. The van der Waals surface area contributed by atoms with Gasteiger partial charge in [-0.05, 0) is 43.5 Å². The second-order valence-corrected chi connectivity index (χ2v) is 3.93. The first kappa shape index (κ1) is 14.0. The topological polar surface area (TPSA) is 38.7 Å². The van der Waals surface area contributed by atoms with Crippen LogP contribution in [0.1, 0.15) is 43.2 Å². The number of phenols is 1. The van der Waals surface area contributed by atoms with Crippen molar-refractivity contribution in [2.45, 2.75) is 40.4 Å². The van der Waals surface area contributed by atoms with Crippen molar-refractivity contribution < 1.29 is 14.6 Å². The molecule has 0 spiro atoms. The first-order chi connectivity index (χ1) is 8.18. The predicted octanol–water partition coefficient (Wildman–Crippen LogP) is 3.47. The first-order valence-corrected chi connectivity index (χ1v) is 6.22. The van der Waals surface area contributed by atoms with Crippen LogP contribution < -0.4 is 0 Å². The van der Waals surface area contributed by atoms with Crippen molar-refractivity contribution in [3.05, 3.63) is 28.8 Å². The van der Waals surface area contributed by atoms with E-state index in [0.717, 1.165) is 36.3 Å². The van der Waals surface area contributed by atoms with E-state index < -0.39 is 0 Å². The van der Waals surface area contributed by atoms with Crippen LogP contribution in [0.4, 0.5) is 0 Å². The van der Waals surface area contributed by atoms with Crippen molar-refractivity contribution in [2.24, 2.45) is 0 Å². The molecule has 0 aliphatic carbocycles. The van der Waals surface area contributed by atoms with E-state index in [4.69, 9.17) is 9.47 Å². The maximum atomic E-state index is 9.65. The van der Waals surface area contributed by atoms with Crippen LogP contribution in [-0.4, -0.2) is 18.3 Å². The summed E-state index contributed by atoms with van der Waals surface area (Å²) in [5.41, 5.74) is 2.72. The Labute approximate surface area is 103 Å². The van der Waals surface area contributed by atoms with Gasteiger partial charge in [0.25, 0.3) is 0 Å². The molecular weight excluding hydrogens is 216 g/mol. The van der Waals surface area contributed by atoms with E-state index in [1.807, 2.05) is 39.8 Å². The van der Waals surface area contributed by atoms with Crippen LogP contribution in [0, 0.1) is 13.8 Å². The number of benzene rings is 1. The van der Waals surface area contributed by atoms with E-state index in [9.17, 15) is 5.11 Å². The predicted molar refractivity (Wildman–Crippen MR) is 68.2 cm³/mol. The molecule has 96 valence electrons. The highest BCUT2D eigenvalue weighted by atomic mass is 16.7. The van der Waals surface area contributed by atoms with Crippen LogP contribution >= 0.6 is 0 Å². The third kappa shape index (κ3) is 3.45. The Morgan fingerprint density at radius 3 is 2.00 bits per heavy atom. The molecule has 1 fully saturated rings. The van der Waals surface area contributed by atoms with Gasteiger partial charge in [0.1, 0.15) is 5.75 Å². The standard InChI is InChI=1S/C12H16O3.C2H6/c1-8-6-10(7-9(2)11(8)13)12-14-4-3-5-15-12;1-2/h6-7,12-13H,3-5H2,1-2H3;1-2H3. The van der Waals surface area contributed by atoms with Gasteiger partial charge in [0.15, 0.2) is 6.29 Å². The van der Waals surface area contributed by atoms with Gasteiger partial charge < -0.3 is 14.6 Å². The summed E-state index contributed by atoms with van der Waals surface area (Å²) >= 11 is 0. The molecule has 0 radical (unpaired) electrons. The van der Waals surface area contributed by atoms with E-state index in [1.165, 1.54) is 0 Å². The molecule has 1 aliphatic rings. The maximum absolute atomic E-state index is 9.65. The average molecular weight is 238 g/mol. The smallest absolute Gasteiger partial charge is 0.183 e. The molecule has 0 atom stereocenters. The lowest BCUT2D eigenvalue weighted by Crippen LogP contribution is -2.17. The molecule has 1 heterocycles. The second-order valence-electron chi connectivity index (χ2n) is 3.93. The zero-order chi connectivity index (χ0) is 12.8. The van der Waals surface area contributed by atoms with Crippen LogP contribution in [0.25, 0.3) is 0 Å². The van der Waals surface area contributed by atoms with Gasteiger partial charge in [-0.3, -0.25) is 0 Å². The molecular formula is C14H22O3. The highest BCUT2D eigenvalue weighted by Gasteiger charge is 2.18. The van der Waals surface area contributed by atoms with Crippen LogP contribution in [0.15, 0.2) is 12.1 Å².